The van der Waals surface area contributed by atoms with Gasteiger partial charge in [-0.15, -0.1) is 0 Å². The summed E-state index contributed by atoms with van der Waals surface area (Å²) in [7, 11) is 0. The van der Waals surface area contributed by atoms with Gasteiger partial charge in [-0.3, -0.25) is 0 Å². The van der Waals surface area contributed by atoms with Crippen molar-refractivity contribution in [3.63, 3.8) is 0 Å². The predicted molar refractivity (Wildman–Crippen MR) is 87.5 cm³/mol. The SMILES string of the molecule is Cc1c(-c2ccccc2)n(C(C)C)c2ccc(Cl)cc12. The van der Waals surface area contributed by atoms with Crippen LogP contribution in [-0.2, 0) is 0 Å². The summed E-state index contributed by atoms with van der Waals surface area (Å²) in [5, 5.41) is 2.03. The fourth-order valence-electron chi connectivity index (χ4n) is 2.94. The van der Waals surface area contributed by atoms with Gasteiger partial charge in [-0.25, -0.2) is 0 Å². The van der Waals surface area contributed by atoms with Gasteiger partial charge in [-0.2, -0.15) is 0 Å². The van der Waals surface area contributed by atoms with Crippen molar-refractivity contribution in [1.29, 1.82) is 0 Å². The third kappa shape index (κ3) is 2.03. The molecule has 0 saturated heterocycles. The van der Waals surface area contributed by atoms with Crippen molar-refractivity contribution >= 4 is 22.5 Å². The van der Waals surface area contributed by atoms with E-state index in [0.717, 1.165) is 5.02 Å². The number of fused-ring (bicyclic) bond motifs is 1. The van der Waals surface area contributed by atoms with Crippen LogP contribution in [0.1, 0.15) is 25.5 Å². The highest BCUT2D eigenvalue weighted by atomic mass is 35.5. The highest BCUT2D eigenvalue weighted by Crippen LogP contribution is 2.36. The Balaban J connectivity index is 2.41. The molecule has 0 aliphatic heterocycles. The standard InChI is InChI=1S/C18H18ClN/c1-12(2)20-17-10-9-15(19)11-16(17)13(3)18(20)14-7-5-4-6-8-14/h4-12H,1-3H3. The lowest BCUT2D eigenvalue weighted by Crippen LogP contribution is -2.02. The van der Waals surface area contributed by atoms with Gasteiger partial charge >= 0.3 is 0 Å². The maximum atomic E-state index is 6.17. The van der Waals surface area contributed by atoms with E-state index in [9.17, 15) is 0 Å². The number of halogens is 1. The van der Waals surface area contributed by atoms with Crippen LogP contribution in [0.2, 0.25) is 5.02 Å². The summed E-state index contributed by atoms with van der Waals surface area (Å²) < 4.78 is 2.40. The van der Waals surface area contributed by atoms with Gasteiger partial charge in [0, 0.05) is 22.0 Å². The van der Waals surface area contributed by atoms with E-state index in [-0.39, 0.29) is 0 Å². The zero-order valence-corrected chi connectivity index (χ0v) is 12.8. The van der Waals surface area contributed by atoms with E-state index in [1.807, 2.05) is 6.07 Å². The van der Waals surface area contributed by atoms with Gasteiger partial charge in [-0.05, 0) is 50.1 Å². The van der Waals surface area contributed by atoms with Gasteiger partial charge in [-0.1, -0.05) is 41.9 Å². The minimum atomic E-state index is 0.405. The summed E-state index contributed by atoms with van der Waals surface area (Å²) in [6.07, 6.45) is 0. The van der Waals surface area contributed by atoms with Crippen molar-refractivity contribution in [3.05, 3.63) is 59.1 Å². The van der Waals surface area contributed by atoms with E-state index >= 15 is 0 Å². The third-order valence-corrected chi connectivity index (χ3v) is 4.02. The van der Waals surface area contributed by atoms with Gasteiger partial charge < -0.3 is 4.57 Å². The summed E-state index contributed by atoms with van der Waals surface area (Å²) >= 11 is 6.17. The number of hydrogen-bond donors (Lipinski definition) is 0. The van der Waals surface area contributed by atoms with Crippen LogP contribution < -0.4 is 0 Å². The molecule has 3 aromatic rings. The van der Waals surface area contributed by atoms with Gasteiger partial charge in [0.05, 0.1) is 5.69 Å². The summed E-state index contributed by atoms with van der Waals surface area (Å²) in [6.45, 7) is 6.62. The summed E-state index contributed by atoms with van der Waals surface area (Å²) in [5.41, 5.74) is 5.09. The molecule has 0 bridgehead atoms. The monoisotopic (exact) mass is 283 g/mol. The molecule has 102 valence electrons. The summed E-state index contributed by atoms with van der Waals surface area (Å²) in [5.74, 6) is 0. The number of hydrogen-bond acceptors (Lipinski definition) is 0. The van der Waals surface area contributed by atoms with E-state index in [2.05, 4.69) is 67.8 Å². The smallest absolute Gasteiger partial charge is 0.0523 e. The Labute approximate surface area is 124 Å². The molecule has 1 aromatic heterocycles. The zero-order valence-electron chi connectivity index (χ0n) is 12.0. The van der Waals surface area contributed by atoms with E-state index in [0.29, 0.717) is 6.04 Å². The minimum Gasteiger partial charge on any atom is -0.338 e. The first kappa shape index (κ1) is 13.3. The molecule has 0 amide bonds. The van der Waals surface area contributed by atoms with E-state index < -0.39 is 0 Å². The second-order valence-corrected chi connectivity index (χ2v) is 5.90. The molecular weight excluding hydrogens is 266 g/mol. The molecule has 1 nitrogen and oxygen atoms in total. The topological polar surface area (TPSA) is 4.93 Å². The van der Waals surface area contributed by atoms with Crippen LogP contribution in [0.5, 0.6) is 0 Å². The zero-order chi connectivity index (χ0) is 14.3. The van der Waals surface area contributed by atoms with Crippen molar-refractivity contribution in [1.82, 2.24) is 4.57 Å². The molecular formula is C18H18ClN. The van der Waals surface area contributed by atoms with Crippen LogP contribution in [0.25, 0.3) is 22.2 Å². The van der Waals surface area contributed by atoms with Crippen molar-refractivity contribution in [2.75, 3.05) is 0 Å². The molecule has 0 fully saturated rings. The van der Waals surface area contributed by atoms with Crippen molar-refractivity contribution < 1.29 is 0 Å². The van der Waals surface area contributed by atoms with Crippen LogP contribution in [0.4, 0.5) is 0 Å². The van der Waals surface area contributed by atoms with Gasteiger partial charge in [0.1, 0.15) is 0 Å². The Bertz CT molecular complexity index is 754. The maximum absolute atomic E-state index is 6.17. The van der Waals surface area contributed by atoms with Gasteiger partial charge in [0.15, 0.2) is 0 Å². The maximum Gasteiger partial charge on any atom is 0.0523 e. The van der Waals surface area contributed by atoms with E-state index in [1.165, 1.54) is 27.7 Å². The molecule has 2 aromatic carbocycles. The Morgan fingerprint density at radius 2 is 1.70 bits per heavy atom. The lowest BCUT2D eigenvalue weighted by Gasteiger charge is -2.15. The fourth-order valence-corrected chi connectivity index (χ4v) is 3.11. The van der Waals surface area contributed by atoms with Crippen LogP contribution in [-0.4, -0.2) is 4.57 Å². The Hall–Kier alpha value is -1.73. The third-order valence-electron chi connectivity index (χ3n) is 3.78. The van der Waals surface area contributed by atoms with E-state index in [4.69, 9.17) is 11.6 Å². The Morgan fingerprint density at radius 1 is 1.00 bits per heavy atom. The molecule has 0 radical (unpaired) electrons. The first-order valence-electron chi connectivity index (χ1n) is 6.95. The molecule has 3 rings (SSSR count). The lowest BCUT2D eigenvalue weighted by molar-refractivity contribution is 0.628. The minimum absolute atomic E-state index is 0.405. The Kier molecular flexibility index (Phi) is 3.31. The van der Waals surface area contributed by atoms with Crippen molar-refractivity contribution in [2.45, 2.75) is 26.8 Å². The second-order valence-electron chi connectivity index (χ2n) is 5.46. The predicted octanol–water partition coefficient (Wildman–Crippen LogP) is 5.85. The van der Waals surface area contributed by atoms with Crippen LogP contribution in [0.15, 0.2) is 48.5 Å². The quantitative estimate of drug-likeness (QED) is 0.556. The number of aromatic nitrogens is 1. The van der Waals surface area contributed by atoms with Gasteiger partial charge in [0.2, 0.25) is 0 Å². The summed E-state index contributed by atoms with van der Waals surface area (Å²) in [4.78, 5) is 0. The molecule has 20 heavy (non-hydrogen) atoms. The highest BCUT2D eigenvalue weighted by Gasteiger charge is 2.17. The molecule has 0 N–H and O–H groups in total. The molecule has 2 heteroatoms. The normalized spacial score (nSPS) is 11.4. The van der Waals surface area contributed by atoms with Gasteiger partial charge in [0.25, 0.3) is 0 Å². The van der Waals surface area contributed by atoms with Crippen LogP contribution >= 0.6 is 11.6 Å². The number of benzene rings is 2. The highest BCUT2D eigenvalue weighted by molar-refractivity contribution is 6.31. The van der Waals surface area contributed by atoms with Crippen molar-refractivity contribution in [3.8, 4) is 11.3 Å². The Morgan fingerprint density at radius 3 is 2.35 bits per heavy atom. The molecule has 0 aliphatic rings. The molecule has 0 aliphatic carbocycles. The molecule has 1 heterocycles. The van der Waals surface area contributed by atoms with E-state index in [1.54, 1.807) is 0 Å². The second kappa shape index (κ2) is 4.99. The fraction of sp³-hybridized carbons (Fsp3) is 0.222. The molecule has 0 unspecified atom stereocenters. The van der Waals surface area contributed by atoms with Crippen molar-refractivity contribution in [2.24, 2.45) is 0 Å². The first-order valence-corrected chi connectivity index (χ1v) is 7.33. The molecule has 0 saturated carbocycles. The summed E-state index contributed by atoms with van der Waals surface area (Å²) in [6, 6.07) is 17.1. The molecule has 0 spiro atoms. The lowest BCUT2D eigenvalue weighted by atomic mass is 10.1. The number of rotatable bonds is 2. The molecule has 0 atom stereocenters. The first-order chi connectivity index (χ1) is 9.59. The van der Waals surface area contributed by atoms with Crippen LogP contribution in [0.3, 0.4) is 0 Å². The van der Waals surface area contributed by atoms with Crippen LogP contribution in [0, 0.1) is 6.92 Å². The average Bonchev–Trinajstić information content (AvgIpc) is 2.73. The average molecular weight is 284 g/mol. The largest absolute Gasteiger partial charge is 0.338 e. The number of aryl methyl sites for hydroxylation is 1. The number of nitrogens with zero attached hydrogens (tertiary/aromatic N) is 1.